The molecule has 0 N–H and O–H groups in total. The first-order valence-electron chi connectivity index (χ1n) is 7.56. The number of amides is 1. The van der Waals surface area contributed by atoms with Crippen molar-refractivity contribution in [3.63, 3.8) is 0 Å². The number of hydrogen-bond acceptors (Lipinski definition) is 3. The summed E-state index contributed by atoms with van der Waals surface area (Å²) in [5.41, 5.74) is 1.38. The van der Waals surface area contributed by atoms with Gasteiger partial charge in [0.15, 0.2) is 12.4 Å². The van der Waals surface area contributed by atoms with E-state index in [1.165, 1.54) is 0 Å². The first kappa shape index (κ1) is 17.0. The van der Waals surface area contributed by atoms with Crippen LogP contribution in [-0.2, 0) is 4.79 Å². The van der Waals surface area contributed by atoms with Crippen molar-refractivity contribution < 1.29 is 14.3 Å². The maximum atomic E-state index is 12.2. The van der Waals surface area contributed by atoms with Crippen LogP contribution in [0.5, 0.6) is 5.75 Å². The predicted octanol–water partition coefficient (Wildman–Crippen LogP) is 4.49. The third-order valence-electron chi connectivity index (χ3n) is 3.83. The number of halogens is 2. The molecule has 0 atom stereocenters. The average Bonchev–Trinajstić information content (AvgIpc) is 3.00. The van der Waals surface area contributed by atoms with Crippen molar-refractivity contribution in [2.24, 2.45) is 0 Å². The molecule has 0 saturated carbocycles. The average molecular weight is 409 g/mol. The molecule has 1 saturated heterocycles. The highest BCUT2D eigenvalue weighted by molar-refractivity contribution is 9.10. The van der Waals surface area contributed by atoms with Crippen LogP contribution >= 0.6 is 27.5 Å². The quantitative estimate of drug-likeness (QED) is 0.685. The molecular weight excluding hydrogens is 394 g/mol. The molecule has 0 aromatic heterocycles. The molecule has 6 heteroatoms. The fourth-order valence-corrected chi connectivity index (χ4v) is 3.36. The van der Waals surface area contributed by atoms with Gasteiger partial charge in [-0.1, -0.05) is 11.6 Å². The van der Waals surface area contributed by atoms with Gasteiger partial charge in [0.2, 0.25) is 5.91 Å². The number of Topliss-reactive ketones (excluding diaryl/α,β-unsaturated/α-hetero) is 1. The number of rotatable bonds is 5. The molecule has 0 radical (unpaired) electrons. The van der Waals surface area contributed by atoms with E-state index in [0.29, 0.717) is 27.2 Å². The van der Waals surface area contributed by atoms with E-state index in [-0.39, 0.29) is 18.3 Å². The second-order valence-electron chi connectivity index (χ2n) is 5.48. The van der Waals surface area contributed by atoms with E-state index >= 15 is 0 Å². The van der Waals surface area contributed by atoms with Gasteiger partial charge in [-0.15, -0.1) is 0 Å². The maximum Gasteiger partial charge on any atom is 0.227 e. The lowest BCUT2D eigenvalue weighted by atomic mass is 10.1. The summed E-state index contributed by atoms with van der Waals surface area (Å²) in [6.45, 7) is 0.669. The highest BCUT2D eigenvalue weighted by atomic mass is 79.9. The van der Waals surface area contributed by atoms with Gasteiger partial charge in [0.1, 0.15) is 5.75 Å². The Morgan fingerprint density at radius 2 is 1.96 bits per heavy atom. The minimum atomic E-state index is -0.129. The highest BCUT2D eigenvalue weighted by Crippen LogP contribution is 2.28. The topological polar surface area (TPSA) is 46.6 Å². The molecule has 0 aliphatic carbocycles. The van der Waals surface area contributed by atoms with Gasteiger partial charge in [-0.2, -0.15) is 0 Å². The maximum absolute atomic E-state index is 12.2. The number of ether oxygens (including phenoxy) is 1. The molecule has 1 aliphatic rings. The van der Waals surface area contributed by atoms with Crippen LogP contribution < -0.4 is 9.64 Å². The Labute approximate surface area is 153 Å². The van der Waals surface area contributed by atoms with E-state index in [1.54, 1.807) is 47.4 Å². The zero-order valence-corrected chi connectivity index (χ0v) is 15.1. The summed E-state index contributed by atoms with van der Waals surface area (Å²) in [4.78, 5) is 25.7. The summed E-state index contributed by atoms with van der Waals surface area (Å²) in [5, 5.41) is 0.590. The fourth-order valence-electron chi connectivity index (χ4n) is 2.57. The molecule has 2 aromatic rings. The number of hydrogen-bond donors (Lipinski definition) is 0. The van der Waals surface area contributed by atoms with Crippen LogP contribution in [0.2, 0.25) is 5.02 Å². The van der Waals surface area contributed by atoms with E-state index in [1.807, 2.05) is 0 Å². The van der Waals surface area contributed by atoms with Crippen LogP contribution in [0.1, 0.15) is 23.2 Å². The van der Waals surface area contributed by atoms with Gasteiger partial charge in [-0.25, -0.2) is 0 Å². The van der Waals surface area contributed by atoms with Crippen molar-refractivity contribution in [1.82, 2.24) is 0 Å². The smallest absolute Gasteiger partial charge is 0.227 e. The van der Waals surface area contributed by atoms with Gasteiger partial charge in [0.25, 0.3) is 0 Å². The Morgan fingerprint density at radius 3 is 2.58 bits per heavy atom. The van der Waals surface area contributed by atoms with E-state index in [4.69, 9.17) is 16.3 Å². The number of carbonyl (C=O) groups is 2. The largest absolute Gasteiger partial charge is 0.484 e. The first-order chi connectivity index (χ1) is 11.5. The third-order valence-corrected chi connectivity index (χ3v) is 4.68. The third kappa shape index (κ3) is 3.79. The van der Waals surface area contributed by atoms with Gasteiger partial charge in [-0.3, -0.25) is 9.59 Å². The fraction of sp³-hybridized carbons (Fsp3) is 0.222. The van der Waals surface area contributed by atoms with Gasteiger partial charge in [0.05, 0.1) is 4.47 Å². The van der Waals surface area contributed by atoms with Gasteiger partial charge in [-0.05, 0) is 64.8 Å². The van der Waals surface area contributed by atoms with Crippen molar-refractivity contribution in [3.05, 3.63) is 57.5 Å². The molecule has 2 aromatic carbocycles. The van der Waals surface area contributed by atoms with Crippen molar-refractivity contribution >= 4 is 44.9 Å². The summed E-state index contributed by atoms with van der Waals surface area (Å²) in [5.74, 6) is 0.563. The minimum Gasteiger partial charge on any atom is -0.484 e. The van der Waals surface area contributed by atoms with Crippen LogP contribution in [0.15, 0.2) is 46.9 Å². The van der Waals surface area contributed by atoms with Crippen molar-refractivity contribution in [3.8, 4) is 5.75 Å². The molecule has 0 spiro atoms. The first-order valence-corrected chi connectivity index (χ1v) is 8.73. The molecule has 4 nitrogen and oxygen atoms in total. The van der Waals surface area contributed by atoms with E-state index in [9.17, 15) is 9.59 Å². The van der Waals surface area contributed by atoms with Gasteiger partial charge in [0, 0.05) is 29.2 Å². The van der Waals surface area contributed by atoms with Crippen LogP contribution in [0, 0.1) is 0 Å². The summed E-state index contributed by atoms with van der Waals surface area (Å²) in [6, 6.07) is 12.2. The predicted molar refractivity (Wildman–Crippen MR) is 97.0 cm³/mol. The zero-order chi connectivity index (χ0) is 17.1. The lowest BCUT2D eigenvalue weighted by Gasteiger charge is -2.15. The van der Waals surface area contributed by atoms with Crippen LogP contribution in [0.3, 0.4) is 0 Å². The Bertz CT molecular complexity index is 776. The van der Waals surface area contributed by atoms with Gasteiger partial charge >= 0.3 is 0 Å². The molecule has 1 aliphatic heterocycles. The van der Waals surface area contributed by atoms with Crippen LogP contribution in [0.25, 0.3) is 0 Å². The van der Waals surface area contributed by atoms with Crippen LogP contribution in [0.4, 0.5) is 5.69 Å². The van der Waals surface area contributed by atoms with Crippen molar-refractivity contribution in [2.45, 2.75) is 12.8 Å². The standard InChI is InChI=1S/C18H15BrClNO3/c19-15-10-13(20)5-8-17(15)24-11-16(22)12-3-6-14(7-4-12)21-9-1-2-18(21)23/h3-8,10H,1-2,9,11H2. The molecule has 124 valence electrons. The number of carbonyl (C=O) groups excluding carboxylic acids is 2. The molecule has 0 unspecified atom stereocenters. The molecule has 0 bridgehead atoms. The lowest BCUT2D eigenvalue weighted by molar-refractivity contribution is -0.117. The monoisotopic (exact) mass is 407 g/mol. The van der Waals surface area contributed by atoms with E-state index < -0.39 is 0 Å². The Kier molecular flexibility index (Phi) is 5.21. The molecule has 1 fully saturated rings. The van der Waals surface area contributed by atoms with Crippen LogP contribution in [-0.4, -0.2) is 24.8 Å². The SMILES string of the molecule is O=C(COc1ccc(Cl)cc1Br)c1ccc(N2CCCC2=O)cc1. The Hall–Kier alpha value is -1.85. The van der Waals surface area contributed by atoms with Crippen molar-refractivity contribution in [1.29, 1.82) is 0 Å². The second kappa shape index (κ2) is 7.36. The molecule has 24 heavy (non-hydrogen) atoms. The Balaban J connectivity index is 1.63. The number of ketones is 1. The minimum absolute atomic E-state index is 0.0672. The summed E-state index contributed by atoms with van der Waals surface area (Å²) < 4.78 is 6.24. The lowest BCUT2D eigenvalue weighted by Crippen LogP contribution is -2.23. The number of benzene rings is 2. The second-order valence-corrected chi connectivity index (χ2v) is 6.77. The number of nitrogens with zero attached hydrogens (tertiary/aromatic N) is 1. The van der Waals surface area contributed by atoms with E-state index in [2.05, 4.69) is 15.9 Å². The number of anilines is 1. The highest BCUT2D eigenvalue weighted by Gasteiger charge is 2.21. The molecule has 1 amide bonds. The molecule has 1 heterocycles. The molecule has 3 rings (SSSR count). The van der Waals surface area contributed by atoms with Gasteiger partial charge < -0.3 is 9.64 Å². The van der Waals surface area contributed by atoms with Crippen molar-refractivity contribution in [2.75, 3.05) is 18.1 Å². The molecular formula is C18H15BrClNO3. The summed E-state index contributed by atoms with van der Waals surface area (Å²) in [6.07, 6.45) is 1.47. The Morgan fingerprint density at radius 1 is 1.21 bits per heavy atom. The normalized spacial score (nSPS) is 14.1. The summed E-state index contributed by atoms with van der Waals surface area (Å²) in [7, 11) is 0. The van der Waals surface area contributed by atoms with E-state index in [0.717, 1.165) is 18.7 Å². The summed E-state index contributed by atoms with van der Waals surface area (Å²) >= 11 is 9.22. The zero-order valence-electron chi connectivity index (χ0n) is 12.8.